The predicted octanol–water partition coefficient (Wildman–Crippen LogP) is 2.29. The Morgan fingerprint density at radius 3 is 1.49 bits per heavy atom. The van der Waals surface area contributed by atoms with Gasteiger partial charge >= 0.3 is 11.9 Å². The van der Waals surface area contributed by atoms with Gasteiger partial charge in [-0.25, -0.2) is 0 Å². The standard InChI is InChI=1S/C29H48N4O8/c1-9-28(10-2,33-25(37)19(7)8)13-14-30-22(34)15-20(26(38)39)21(27(40)41)16-23(35)32-29(11-3,12-4)17-31-24(36)18(5)6/h20-21H,5,7,9-17H2,1-4,6,8H3,(H,30,34)(H,31,36)(H,32,35)(H,33,37)(H,38,39)(H,40,41). The fourth-order valence-electron chi connectivity index (χ4n) is 4.37. The van der Waals surface area contributed by atoms with E-state index in [1.807, 2.05) is 13.8 Å². The molecule has 0 aromatic carbocycles. The minimum atomic E-state index is -1.67. The van der Waals surface area contributed by atoms with Crippen molar-refractivity contribution < 1.29 is 39.0 Å². The molecule has 12 nitrogen and oxygen atoms in total. The average molecular weight is 581 g/mol. The Kier molecular flexibility index (Phi) is 15.6. The fourth-order valence-corrected chi connectivity index (χ4v) is 4.37. The van der Waals surface area contributed by atoms with Crippen LogP contribution in [-0.2, 0) is 28.8 Å². The molecular weight excluding hydrogens is 532 g/mol. The maximum absolute atomic E-state index is 12.9. The Labute approximate surface area is 242 Å². The van der Waals surface area contributed by atoms with Crippen LogP contribution in [0.2, 0.25) is 0 Å². The third kappa shape index (κ3) is 12.1. The lowest BCUT2D eigenvalue weighted by Crippen LogP contribution is -2.55. The lowest BCUT2D eigenvalue weighted by molar-refractivity contribution is -0.156. The van der Waals surface area contributed by atoms with Crippen LogP contribution >= 0.6 is 0 Å². The monoisotopic (exact) mass is 580 g/mol. The molecule has 0 aliphatic carbocycles. The summed E-state index contributed by atoms with van der Waals surface area (Å²) in [6.07, 6.45) is 1.05. The Hall–Kier alpha value is -3.70. The summed E-state index contributed by atoms with van der Waals surface area (Å²) >= 11 is 0. The van der Waals surface area contributed by atoms with E-state index in [4.69, 9.17) is 0 Å². The van der Waals surface area contributed by atoms with Crippen molar-refractivity contribution in [2.45, 2.75) is 97.6 Å². The molecule has 0 radical (unpaired) electrons. The molecule has 0 bridgehead atoms. The number of carboxylic acid groups (broad SMARTS) is 2. The summed E-state index contributed by atoms with van der Waals surface area (Å²) < 4.78 is 0. The Bertz CT molecular complexity index is 999. The maximum Gasteiger partial charge on any atom is 0.307 e. The number of nitrogens with one attached hydrogen (secondary N) is 4. The van der Waals surface area contributed by atoms with E-state index < -0.39 is 59.5 Å². The number of carboxylic acids is 2. The summed E-state index contributed by atoms with van der Waals surface area (Å²) in [6.45, 7) is 17.9. The zero-order chi connectivity index (χ0) is 32.0. The van der Waals surface area contributed by atoms with Crippen LogP contribution in [0.5, 0.6) is 0 Å². The molecule has 0 heterocycles. The Balaban J connectivity index is 5.49. The highest BCUT2D eigenvalue weighted by molar-refractivity contribution is 5.93. The van der Waals surface area contributed by atoms with Gasteiger partial charge in [-0.05, 0) is 46.0 Å². The number of amides is 4. The summed E-state index contributed by atoms with van der Waals surface area (Å²) in [5.41, 5.74) is -0.851. The molecule has 0 saturated heterocycles. The Morgan fingerprint density at radius 1 is 0.659 bits per heavy atom. The van der Waals surface area contributed by atoms with E-state index >= 15 is 0 Å². The van der Waals surface area contributed by atoms with E-state index in [-0.39, 0.29) is 30.5 Å². The molecule has 0 rings (SSSR count). The molecule has 6 N–H and O–H groups in total. The van der Waals surface area contributed by atoms with Gasteiger partial charge in [0.05, 0.1) is 17.4 Å². The molecule has 0 aliphatic heterocycles. The van der Waals surface area contributed by atoms with Crippen LogP contribution in [0.25, 0.3) is 0 Å². The highest BCUT2D eigenvalue weighted by Gasteiger charge is 2.39. The molecule has 41 heavy (non-hydrogen) atoms. The van der Waals surface area contributed by atoms with E-state index in [9.17, 15) is 39.0 Å². The van der Waals surface area contributed by atoms with E-state index in [2.05, 4.69) is 34.4 Å². The second kappa shape index (κ2) is 17.2. The van der Waals surface area contributed by atoms with Gasteiger partial charge in [-0.3, -0.25) is 28.8 Å². The van der Waals surface area contributed by atoms with E-state index in [1.165, 1.54) is 0 Å². The van der Waals surface area contributed by atoms with Gasteiger partial charge in [0.25, 0.3) is 0 Å². The van der Waals surface area contributed by atoms with Crippen molar-refractivity contribution >= 4 is 35.6 Å². The van der Waals surface area contributed by atoms with Crippen molar-refractivity contribution in [3.8, 4) is 0 Å². The third-order valence-corrected chi connectivity index (χ3v) is 7.71. The molecule has 2 unspecified atom stereocenters. The second-order valence-corrected chi connectivity index (χ2v) is 10.6. The van der Waals surface area contributed by atoms with Gasteiger partial charge in [0, 0.05) is 42.6 Å². The number of rotatable bonds is 20. The zero-order valence-corrected chi connectivity index (χ0v) is 25.3. The SMILES string of the molecule is C=C(C)C(=O)NCC(CC)(CC)NC(=O)CC(C(=O)O)C(CC(=O)NCCC(CC)(CC)NC(=O)C(=C)C)C(=O)O. The summed E-state index contributed by atoms with van der Waals surface area (Å²) in [5.74, 6) is -8.46. The van der Waals surface area contributed by atoms with Crippen LogP contribution in [0.4, 0.5) is 0 Å². The van der Waals surface area contributed by atoms with Crippen molar-refractivity contribution in [1.29, 1.82) is 0 Å². The largest absolute Gasteiger partial charge is 0.481 e. The molecule has 12 heteroatoms. The first-order chi connectivity index (χ1) is 19.0. The van der Waals surface area contributed by atoms with Crippen LogP contribution in [0.3, 0.4) is 0 Å². The van der Waals surface area contributed by atoms with Crippen molar-refractivity contribution in [3.63, 3.8) is 0 Å². The van der Waals surface area contributed by atoms with Gasteiger partial charge in [0.1, 0.15) is 0 Å². The molecule has 2 atom stereocenters. The molecule has 0 fully saturated rings. The lowest BCUT2D eigenvalue weighted by atomic mass is 9.85. The van der Waals surface area contributed by atoms with Crippen LogP contribution in [0, 0.1) is 11.8 Å². The quantitative estimate of drug-likeness (QED) is 0.118. The first-order valence-electron chi connectivity index (χ1n) is 14.0. The lowest BCUT2D eigenvalue weighted by Gasteiger charge is -2.34. The van der Waals surface area contributed by atoms with Gasteiger partial charge in [-0.2, -0.15) is 0 Å². The third-order valence-electron chi connectivity index (χ3n) is 7.71. The van der Waals surface area contributed by atoms with Crippen molar-refractivity contribution in [1.82, 2.24) is 21.3 Å². The molecule has 4 amide bonds. The maximum atomic E-state index is 12.9. The van der Waals surface area contributed by atoms with Crippen LogP contribution in [0.1, 0.15) is 86.5 Å². The van der Waals surface area contributed by atoms with E-state index in [0.717, 1.165) is 0 Å². The number of hydrogen-bond donors (Lipinski definition) is 6. The van der Waals surface area contributed by atoms with E-state index in [1.54, 1.807) is 27.7 Å². The molecule has 0 spiro atoms. The summed E-state index contributed by atoms with van der Waals surface area (Å²) in [6, 6.07) is 0. The predicted molar refractivity (Wildman–Crippen MR) is 155 cm³/mol. The van der Waals surface area contributed by atoms with E-state index in [0.29, 0.717) is 37.7 Å². The molecule has 0 aliphatic rings. The second-order valence-electron chi connectivity index (χ2n) is 10.6. The first kappa shape index (κ1) is 37.3. The van der Waals surface area contributed by atoms with Crippen molar-refractivity contribution in [3.05, 3.63) is 24.3 Å². The minimum Gasteiger partial charge on any atom is -0.481 e. The average Bonchev–Trinajstić information content (AvgIpc) is 2.91. The van der Waals surface area contributed by atoms with Gasteiger partial charge < -0.3 is 31.5 Å². The summed E-state index contributed by atoms with van der Waals surface area (Å²) in [5, 5.41) is 30.6. The van der Waals surface area contributed by atoms with Gasteiger partial charge in [0.2, 0.25) is 23.6 Å². The molecule has 232 valence electrons. The number of aliphatic carboxylic acids is 2. The van der Waals surface area contributed by atoms with Gasteiger partial charge in [0.15, 0.2) is 0 Å². The van der Waals surface area contributed by atoms with Gasteiger partial charge in [-0.1, -0.05) is 40.9 Å². The van der Waals surface area contributed by atoms with Crippen LogP contribution < -0.4 is 21.3 Å². The molecular formula is C29H48N4O8. The van der Waals surface area contributed by atoms with Crippen LogP contribution in [0.15, 0.2) is 24.3 Å². The molecule has 0 aromatic heterocycles. The number of carbonyl (C=O) groups excluding carboxylic acids is 4. The van der Waals surface area contributed by atoms with Crippen LogP contribution in [-0.4, -0.2) is 69.9 Å². The Morgan fingerprint density at radius 2 is 1.10 bits per heavy atom. The minimum absolute atomic E-state index is 0.0732. The fraction of sp³-hybridized carbons (Fsp3) is 0.655. The first-order valence-corrected chi connectivity index (χ1v) is 14.0. The van der Waals surface area contributed by atoms with Crippen molar-refractivity contribution in [2.75, 3.05) is 13.1 Å². The number of hydrogen-bond acceptors (Lipinski definition) is 6. The zero-order valence-electron chi connectivity index (χ0n) is 25.3. The summed E-state index contributed by atoms with van der Waals surface area (Å²) in [7, 11) is 0. The highest BCUT2D eigenvalue weighted by atomic mass is 16.4. The van der Waals surface area contributed by atoms with Crippen molar-refractivity contribution in [2.24, 2.45) is 11.8 Å². The smallest absolute Gasteiger partial charge is 0.307 e. The highest BCUT2D eigenvalue weighted by Crippen LogP contribution is 2.24. The topological polar surface area (TPSA) is 191 Å². The molecule has 0 saturated carbocycles. The normalized spacial score (nSPS) is 12.8. The van der Waals surface area contributed by atoms with Gasteiger partial charge in [-0.15, -0.1) is 0 Å². The molecule has 0 aromatic rings. The summed E-state index contributed by atoms with van der Waals surface area (Å²) in [4.78, 5) is 73.8. The number of carbonyl (C=O) groups is 6.